The van der Waals surface area contributed by atoms with Gasteiger partial charge in [-0.3, -0.25) is 0 Å². The molecule has 0 saturated carbocycles. The Kier molecular flexibility index (Phi) is 7.52. The van der Waals surface area contributed by atoms with E-state index in [1.165, 1.54) is 5.38 Å². The van der Waals surface area contributed by atoms with E-state index in [2.05, 4.69) is 10.3 Å². The molecular formula is C13H9F3KN3O2S. The van der Waals surface area contributed by atoms with Crippen LogP contribution in [0.2, 0.25) is 0 Å². The van der Waals surface area contributed by atoms with Crippen molar-refractivity contribution in [2.75, 3.05) is 0 Å². The minimum atomic E-state index is -4.34. The zero-order valence-corrected chi connectivity index (χ0v) is 15.9. The van der Waals surface area contributed by atoms with Crippen LogP contribution in [-0.4, -0.2) is 16.8 Å². The number of nitrogens with two attached hydrogens (primary N) is 1. The minimum absolute atomic E-state index is 0. The second-order valence-electron chi connectivity index (χ2n) is 4.11. The van der Waals surface area contributed by atoms with Gasteiger partial charge in [-0.15, -0.1) is 11.3 Å². The van der Waals surface area contributed by atoms with E-state index in [9.17, 15) is 22.8 Å². The number of imide groups is 1. The first kappa shape index (κ1) is 20.4. The topological polar surface area (TPSA) is 87.2 Å². The number of aromatic nitrogens is 1. The van der Waals surface area contributed by atoms with Gasteiger partial charge in [0.1, 0.15) is 0 Å². The first-order valence-corrected chi connectivity index (χ1v) is 6.82. The average Bonchev–Trinajstić information content (AvgIpc) is 3.06. The van der Waals surface area contributed by atoms with E-state index >= 15 is 0 Å². The normalized spacial score (nSPS) is 12.7. The van der Waals surface area contributed by atoms with Crippen molar-refractivity contribution in [3.8, 4) is 0 Å². The van der Waals surface area contributed by atoms with Crippen LogP contribution in [0.15, 0.2) is 29.6 Å². The minimum Gasteiger partial charge on any atom is -0.587 e. The molecule has 0 saturated heterocycles. The molecule has 0 fully saturated rings. The van der Waals surface area contributed by atoms with Crippen molar-refractivity contribution >= 4 is 23.2 Å². The van der Waals surface area contributed by atoms with Gasteiger partial charge in [-0.25, -0.2) is 4.98 Å². The number of alkyl halides is 3. The fraction of sp³-hybridized carbons (Fsp3) is 0.154. The van der Waals surface area contributed by atoms with Crippen molar-refractivity contribution in [3.05, 3.63) is 56.8 Å². The second-order valence-corrected chi connectivity index (χ2v) is 4.97. The molecule has 0 bridgehead atoms. The predicted octanol–water partition coefficient (Wildman–Crippen LogP) is -0.0211. The summed E-state index contributed by atoms with van der Waals surface area (Å²) in [5.41, 5.74) is 6.19. The Balaban J connectivity index is 0.000000220. The van der Waals surface area contributed by atoms with Crippen molar-refractivity contribution in [3.63, 3.8) is 0 Å². The maximum Gasteiger partial charge on any atom is 1.00 e. The monoisotopic (exact) mass is 367 g/mol. The maximum atomic E-state index is 11.8. The number of nitrogens with zero attached hydrogens (tertiary/aromatic N) is 2. The molecule has 2 N–H and O–H groups in total. The third kappa shape index (κ3) is 5.18. The number of thiazole rings is 1. The number of hydrogen-bond acceptors (Lipinski definition) is 5. The quantitative estimate of drug-likeness (QED) is 0.567. The predicted molar refractivity (Wildman–Crippen MR) is 73.5 cm³/mol. The number of carbonyl (C=O) groups excluding carboxylic acids is 2. The summed E-state index contributed by atoms with van der Waals surface area (Å²) in [4.78, 5) is 25.0. The van der Waals surface area contributed by atoms with Crippen molar-refractivity contribution in [1.29, 1.82) is 0 Å². The Labute approximate surface area is 175 Å². The van der Waals surface area contributed by atoms with Gasteiger partial charge in [0.05, 0.1) is 17.5 Å². The summed E-state index contributed by atoms with van der Waals surface area (Å²) in [6, 6.07) is 6.63. The summed E-state index contributed by atoms with van der Waals surface area (Å²) in [5, 5.41) is 3.75. The van der Waals surface area contributed by atoms with Crippen LogP contribution in [0.25, 0.3) is 5.32 Å². The molecule has 1 aromatic heterocycles. The molecule has 1 aliphatic heterocycles. The molecule has 2 heterocycles. The smallest absolute Gasteiger partial charge is 0.587 e. The fourth-order valence-electron chi connectivity index (χ4n) is 1.60. The molecule has 0 unspecified atom stereocenters. The Morgan fingerprint density at radius 1 is 1.13 bits per heavy atom. The molecule has 5 nitrogen and oxygen atoms in total. The summed E-state index contributed by atoms with van der Waals surface area (Å²) >= 11 is 0.565. The summed E-state index contributed by atoms with van der Waals surface area (Å²) < 4.78 is 35.5. The van der Waals surface area contributed by atoms with E-state index in [1.54, 1.807) is 24.3 Å². The largest absolute Gasteiger partial charge is 1.00 e. The van der Waals surface area contributed by atoms with Gasteiger partial charge in [0.15, 0.2) is 5.01 Å². The Morgan fingerprint density at radius 2 is 1.65 bits per heavy atom. The molecule has 2 aromatic rings. The number of benzene rings is 1. The number of fused-ring (bicyclic) bond motifs is 1. The maximum absolute atomic E-state index is 11.8. The Hall–Kier alpha value is -0.624. The van der Waals surface area contributed by atoms with Gasteiger partial charge in [0.2, 0.25) is 0 Å². The molecule has 0 radical (unpaired) electrons. The number of hydrogen-bond donors (Lipinski definition) is 1. The third-order valence-corrected chi connectivity index (χ3v) is 3.53. The van der Waals surface area contributed by atoms with Gasteiger partial charge in [-0.1, -0.05) is 24.3 Å². The van der Waals surface area contributed by atoms with E-state index in [0.717, 1.165) is 0 Å². The Morgan fingerprint density at radius 3 is 2.00 bits per heavy atom. The fourth-order valence-corrected chi connectivity index (χ4v) is 2.30. The molecule has 0 aliphatic carbocycles. The van der Waals surface area contributed by atoms with Gasteiger partial charge in [0, 0.05) is 23.1 Å². The summed E-state index contributed by atoms with van der Waals surface area (Å²) in [6.45, 7) is 0.0482. The molecule has 1 aliphatic rings. The average molecular weight is 367 g/mol. The van der Waals surface area contributed by atoms with Crippen molar-refractivity contribution in [2.24, 2.45) is 5.73 Å². The Bertz CT molecular complexity index is 685. The number of halogens is 3. The molecule has 2 amide bonds. The molecule has 0 spiro atoms. The van der Waals surface area contributed by atoms with E-state index in [-0.39, 0.29) is 63.6 Å². The summed E-state index contributed by atoms with van der Waals surface area (Å²) in [6.07, 6.45) is -4.34. The molecule has 1 aromatic carbocycles. The van der Waals surface area contributed by atoms with Crippen LogP contribution < -0.4 is 57.1 Å². The zero-order chi connectivity index (χ0) is 16.3. The van der Waals surface area contributed by atoms with Crippen molar-refractivity contribution < 1.29 is 74.1 Å². The van der Waals surface area contributed by atoms with E-state index in [0.29, 0.717) is 22.5 Å². The number of amides is 2. The molecule has 10 heteroatoms. The van der Waals surface area contributed by atoms with E-state index in [4.69, 9.17) is 5.73 Å². The molecule has 3 rings (SSSR count). The van der Waals surface area contributed by atoms with Gasteiger partial charge in [-0.2, -0.15) is 13.2 Å². The van der Waals surface area contributed by atoms with Gasteiger partial charge in [0.25, 0.3) is 0 Å². The van der Waals surface area contributed by atoms with E-state index < -0.39 is 23.0 Å². The van der Waals surface area contributed by atoms with Crippen LogP contribution >= 0.6 is 11.3 Å². The molecule has 0 atom stereocenters. The van der Waals surface area contributed by atoms with Gasteiger partial charge >= 0.3 is 57.6 Å². The number of carbonyl (C=O) groups is 2. The van der Waals surface area contributed by atoms with Crippen molar-refractivity contribution in [2.45, 2.75) is 12.7 Å². The third-order valence-electron chi connectivity index (χ3n) is 2.59. The van der Waals surface area contributed by atoms with Crippen molar-refractivity contribution in [1.82, 2.24) is 4.98 Å². The second kappa shape index (κ2) is 8.47. The summed E-state index contributed by atoms with van der Waals surface area (Å²) in [7, 11) is 0. The first-order chi connectivity index (χ1) is 10.3. The summed E-state index contributed by atoms with van der Waals surface area (Å²) in [5.74, 6) is -0.851. The number of rotatable bonds is 1. The molecular weight excluding hydrogens is 358 g/mol. The first-order valence-electron chi connectivity index (χ1n) is 5.94. The van der Waals surface area contributed by atoms with E-state index in [1.807, 2.05) is 0 Å². The van der Waals surface area contributed by atoms with Crippen LogP contribution in [-0.2, 0) is 12.7 Å². The van der Waals surface area contributed by atoms with Crippen LogP contribution in [0, 0.1) is 0 Å². The standard InChI is InChI=1S/C8H5NO2.C5H5F3N2S.K/c10-7-5-3-1-2-4-6(5)8(11)9-7;6-5(7,8)4-10-3(1-9)2-11-4;/h1-4H,(H,9,10,11);2H,1,9H2;/q;;+1/p-1. The van der Waals surface area contributed by atoms with Crippen LogP contribution in [0.4, 0.5) is 13.2 Å². The van der Waals surface area contributed by atoms with Gasteiger partial charge < -0.3 is 20.6 Å². The van der Waals surface area contributed by atoms with Crippen LogP contribution in [0.5, 0.6) is 0 Å². The van der Waals surface area contributed by atoms with Crippen LogP contribution in [0.1, 0.15) is 31.4 Å². The van der Waals surface area contributed by atoms with Gasteiger partial charge in [-0.05, 0) is 0 Å². The SMILES string of the molecule is NCc1csc(C(F)(F)F)n1.O=C1[N-]C(=O)c2ccccc21.[K+]. The molecule has 116 valence electrons. The molecule has 23 heavy (non-hydrogen) atoms. The van der Waals surface area contributed by atoms with Crippen LogP contribution in [0.3, 0.4) is 0 Å². The zero-order valence-electron chi connectivity index (χ0n) is 11.9.